The molecule has 4 rings (SSSR count). The average Bonchev–Trinajstić information content (AvgIpc) is 3.30. The Morgan fingerprint density at radius 3 is 2.84 bits per heavy atom. The van der Waals surface area contributed by atoms with Crippen molar-refractivity contribution in [3.05, 3.63) is 43.1 Å². The monoisotopic (exact) mass is 470 g/mol. The lowest BCUT2D eigenvalue weighted by Gasteiger charge is -2.17. The molecule has 10 heteroatoms. The highest BCUT2D eigenvalue weighted by molar-refractivity contribution is 7.17. The number of rotatable bonds is 5. The molecule has 1 amide bonds. The molecule has 1 unspecified atom stereocenters. The van der Waals surface area contributed by atoms with Crippen LogP contribution in [-0.4, -0.2) is 26.5 Å². The second-order valence-electron chi connectivity index (χ2n) is 8.37. The van der Waals surface area contributed by atoms with Gasteiger partial charge in [0.2, 0.25) is 5.91 Å². The largest absolute Gasteiger partial charge is 0.478 e. The summed E-state index contributed by atoms with van der Waals surface area (Å²) in [5.74, 6) is -0.863. The third-order valence-electron chi connectivity index (χ3n) is 5.65. The Balaban J connectivity index is 1.70. The van der Waals surface area contributed by atoms with Crippen molar-refractivity contribution in [1.82, 2.24) is 9.55 Å². The van der Waals surface area contributed by atoms with Crippen LogP contribution < -0.4 is 10.9 Å². The molecule has 0 aromatic carbocycles. The van der Waals surface area contributed by atoms with E-state index in [-0.39, 0.29) is 23.4 Å². The number of anilines is 1. The van der Waals surface area contributed by atoms with E-state index < -0.39 is 17.4 Å². The molecule has 1 aliphatic rings. The van der Waals surface area contributed by atoms with Crippen LogP contribution in [0.2, 0.25) is 0 Å². The topological polar surface area (TPSA) is 125 Å². The van der Waals surface area contributed by atoms with Crippen LogP contribution in [-0.2, 0) is 24.2 Å². The zero-order valence-corrected chi connectivity index (χ0v) is 19.5. The number of fused-ring (bicyclic) bond motifs is 2. The highest BCUT2D eigenvalue weighted by Gasteiger charge is 2.26. The van der Waals surface area contributed by atoms with Gasteiger partial charge in [-0.1, -0.05) is 20.8 Å². The lowest BCUT2D eigenvalue weighted by atomic mass is 9.89. The summed E-state index contributed by atoms with van der Waals surface area (Å²) in [4.78, 5) is 43.6. The molecule has 0 aliphatic heterocycles. The fraction of sp³-hybridized carbons (Fsp3) is 0.409. The van der Waals surface area contributed by atoms with Crippen molar-refractivity contribution in [2.24, 2.45) is 5.92 Å². The molecule has 0 fully saturated rings. The minimum atomic E-state index is -1.21. The number of nitriles is 1. The van der Waals surface area contributed by atoms with Crippen LogP contribution in [0.3, 0.4) is 0 Å². The van der Waals surface area contributed by atoms with E-state index >= 15 is 0 Å². The molecule has 32 heavy (non-hydrogen) atoms. The fourth-order valence-electron chi connectivity index (χ4n) is 4.06. The maximum Gasteiger partial charge on any atom is 0.337 e. The summed E-state index contributed by atoms with van der Waals surface area (Å²) in [6.45, 7) is 5.58. The van der Waals surface area contributed by atoms with Crippen LogP contribution in [0.5, 0.6) is 0 Å². The number of nitrogens with one attached hydrogen (secondary N) is 1. The maximum absolute atomic E-state index is 13.2. The number of carbonyl (C=O) groups is 2. The van der Waals surface area contributed by atoms with Crippen LogP contribution in [0.25, 0.3) is 10.2 Å². The Labute approximate surface area is 192 Å². The number of carboxylic acid groups (broad SMARTS) is 1. The Kier molecular flexibility index (Phi) is 5.88. The molecule has 0 bridgehead atoms. The highest BCUT2D eigenvalue weighted by atomic mass is 32.1. The number of carboxylic acids is 1. The first-order chi connectivity index (χ1) is 15.2. The normalized spacial score (nSPS) is 15.5. The van der Waals surface area contributed by atoms with Gasteiger partial charge in [0.15, 0.2) is 0 Å². The summed E-state index contributed by atoms with van der Waals surface area (Å²) in [6.07, 6.45) is 2.72. The molecule has 0 radical (unpaired) electrons. The van der Waals surface area contributed by atoms with Crippen LogP contribution in [0.4, 0.5) is 5.00 Å². The van der Waals surface area contributed by atoms with Gasteiger partial charge >= 0.3 is 5.97 Å². The molecule has 0 saturated carbocycles. The third-order valence-corrected chi connectivity index (χ3v) is 7.69. The van der Waals surface area contributed by atoms with Crippen LogP contribution in [0, 0.1) is 17.2 Å². The number of aromatic nitrogens is 2. The zero-order chi connectivity index (χ0) is 23.2. The van der Waals surface area contributed by atoms with Crippen LogP contribution >= 0.6 is 22.7 Å². The quantitative estimate of drug-likeness (QED) is 0.581. The molecular weight excluding hydrogens is 448 g/mol. The maximum atomic E-state index is 13.2. The van der Waals surface area contributed by atoms with Crippen LogP contribution in [0.15, 0.2) is 10.2 Å². The number of thiophene rings is 2. The minimum absolute atomic E-state index is 0.0120. The second-order valence-corrected chi connectivity index (χ2v) is 10.3. The van der Waals surface area contributed by atoms with Gasteiger partial charge in [0.25, 0.3) is 5.56 Å². The molecule has 3 aromatic rings. The van der Waals surface area contributed by atoms with Gasteiger partial charge in [0, 0.05) is 16.2 Å². The van der Waals surface area contributed by atoms with Gasteiger partial charge in [-0.3, -0.25) is 14.2 Å². The highest BCUT2D eigenvalue weighted by Crippen LogP contribution is 2.39. The third kappa shape index (κ3) is 3.82. The first-order valence-electron chi connectivity index (χ1n) is 10.3. The number of hydrogen-bond donors (Lipinski definition) is 2. The van der Waals surface area contributed by atoms with E-state index in [1.54, 1.807) is 0 Å². The van der Waals surface area contributed by atoms with Gasteiger partial charge in [0.1, 0.15) is 28.3 Å². The Hall–Kier alpha value is -3.03. The van der Waals surface area contributed by atoms with Gasteiger partial charge in [-0.25, -0.2) is 9.78 Å². The van der Waals surface area contributed by atoms with E-state index in [9.17, 15) is 24.8 Å². The molecule has 2 N–H and O–H groups in total. The van der Waals surface area contributed by atoms with E-state index in [1.807, 2.05) is 13.8 Å². The molecule has 166 valence electrons. The zero-order valence-electron chi connectivity index (χ0n) is 17.9. The second kappa shape index (κ2) is 8.48. The van der Waals surface area contributed by atoms with Crippen molar-refractivity contribution in [2.45, 2.75) is 52.5 Å². The number of carbonyl (C=O) groups excluding carboxylic acids is 1. The van der Waals surface area contributed by atoms with E-state index in [1.165, 1.54) is 21.3 Å². The summed E-state index contributed by atoms with van der Waals surface area (Å²) in [5.41, 5.74) is 0.853. The molecule has 1 atom stereocenters. The van der Waals surface area contributed by atoms with Gasteiger partial charge in [-0.05, 0) is 30.7 Å². The van der Waals surface area contributed by atoms with E-state index in [0.29, 0.717) is 27.1 Å². The first kappa shape index (κ1) is 22.2. The summed E-state index contributed by atoms with van der Waals surface area (Å²) in [7, 11) is 0. The fourth-order valence-corrected chi connectivity index (χ4v) is 6.34. The molecule has 0 spiro atoms. The minimum Gasteiger partial charge on any atom is -0.478 e. The van der Waals surface area contributed by atoms with Crippen LogP contribution in [0.1, 0.15) is 65.3 Å². The summed E-state index contributed by atoms with van der Waals surface area (Å²) < 4.78 is 1.24. The summed E-state index contributed by atoms with van der Waals surface area (Å²) >= 11 is 2.52. The van der Waals surface area contributed by atoms with Gasteiger partial charge < -0.3 is 10.4 Å². The lowest BCUT2D eigenvalue weighted by Crippen LogP contribution is -2.32. The number of hydrogen-bond acceptors (Lipinski definition) is 7. The first-order valence-corrected chi connectivity index (χ1v) is 12.0. The molecule has 0 saturated heterocycles. The van der Waals surface area contributed by atoms with E-state index in [4.69, 9.17) is 0 Å². The summed E-state index contributed by atoms with van der Waals surface area (Å²) in [5, 5.41) is 23.8. The predicted octanol–water partition coefficient (Wildman–Crippen LogP) is 3.98. The number of aromatic carboxylic acids is 1. The molecule has 3 heterocycles. The van der Waals surface area contributed by atoms with Crippen molar-refractivity contribution in [3.63, 3.8) is 0 Å². The molecule has 8 nitrogen and oxygen atoms in total. The van der Waals surface area contributed by atoms with E-state index in [0.717, 1.165) is 41.0 Å². The Morgan fingerprint density at radius 2 is 2.19 bits per heavy atom. The van der Waals surface area contributed by atoms with Gasteiger partial charge in [-0.15, -0.1) is 22.7 Å². The number of nitrogens with zero attached hydrogens (tertiary/aromatic N) is 3. The van der Waals surface area contributed by atoms with Crippen molar-refractivity contribution < 1.29 is 14.7 Å². The number of amides is 1. The van der Waals surface area contributed by atoms with Crippen molar-refractivity contribution in [1.29, 1.82) is 5.26 Å². The smallest absolute Gasteiger partial charge is 0.337 e. The van der Waals surface area contributed by atoms with Gasteiger partial charge in [0.05, 0.1) is 16.5 Å². The van der Waals surface area contributed by atoms with Crippen molar-refractivity contribution in [2.75, 3.05) is 5.32 Å². The average molecular weight is 471 g/mol. The predicted molar refractivity (Wildman–Crippen MR) is 124 cm³/mol. The van der Waals surface area contributed by atoms with Crippen molar-refractivity contribution >= 4 is 49.8 Å². The Bertz CT molecular complexity index is 1340. The SMILES string of the molecule is CC1CCc2c(sc(NC(=O)Cn3c(C(C)C)nc4scc(C(=O)O)c4c3=O)c2C#N)C1. The van der Waals surface area contributed by atoms with Crippen molar-refractivity contribution in [3.8, 4) is 6.07 Å². The van der Waals surface area contributed by atoms with Gasteiger partial charge in [-0.2, -0.15) is 5.26 Å². The molecule has 3 aromatic heterocycles. The summed E-state index contributed by atoms with van der Waals surface area (Å²) in [6, 6.07) is 2.22. The lowest BCUT2D eigenvalue weighted by molar-refractivity contribution is -0.116. The molecular formula is C22H22N4O4S2. The Morgan fingerprint density at radius 1 is 1.44 bits per heavy atom. The standard InChI is InChI=1S/C22H22N4O4S2/c1-10(2)18-25-20-17(14(9-31-20)22(29)30)21(28)26(18)8-16(27)24-19-13(7-23)12-5-4-11(3)6-15(12)32-19/h9-11H,4-6,8H2,1-3H3,(H,24,27)(H,29,30). The van der Waals surface area contributed by atoms with E-state index in [2.05, 4.69) is 23.3 Å². The molecule has 1 aliphatic carbocycles.